The predicted octanol–water partition coefficient (Wildman–Crippen LogP) is 2.10. The predicted molar refractivity (Wildman–Crippen MR) is 81.6 cm³/mol. The summed E-state index contributed by atoms with van der Waals surface area (Å²) in [6.45, 7) is 4.49. The van der Waals surface area contributed by atoms with Crippen LogP contribution in [-0.2, 0) is 16.6 Å². The molecule has 1 aliphatic rings. The van der Waals surface area contributed by atoms with Gasteiger partial charge in [-0.2, -0.15) is 5.10 Å². The van der Waals surface area contributed by atoms with Crippen molar-refractivity contribution in [3.05, 3.63) is 23.5 Å². The highest BCUT2D eigenvalue weighted by atomic mass is 16.2. The first-order chi connectivity index (χ1) is 10.0. The average Bonchev–Trinajstić information content (AvgIpc) is 2.83. The molecule has 0 radical (unpaired) electrons. The molecular formula is C16H23N3O2. The summed E-state index contributed by atoms with van der Waals surface area (Å²) in [4.78, 5) is 26.1. The molecule has 0 aromatic carbocycles. The van der Waals surface area contributed by atoms with E-state index in [0.29, 0.717) is 13.0 Å². The molecule has 1 aromatic rings. The van der Waals surface area contributed by atoms with Crippen LogP contribution in [0.2, 0.25) is 0 Å². The Hall–Kier alpha value is -1.91. The third-order valence-electron chi connectivity index (χ3n) is 4.18. The minimum atomic E-state index is -0.240. The number of aryl methyl sites for hydroxylation is 1. The van der Waals surface area contributed by atoms with E-state index < -0.39 is 0 Å². The Balaban J connectivity index is 2.10. The number of Topliss-reactive ketones (excluding diaryl/α,β-unsaturated/α-hetero) is 1. The molecule has 21 heavy (non-hydrogen) atoms. The number of rotatable bonds is 4. The molecule has 1 saturated heterocycles. The van der Waals surface area contributed by atoms with Gasteiger partial charge in [-0.3, -0.25) is 14.3 Å². The van der Waals surface area contributed by atoms with Gasteiger partial charge >= 0.3 is 0 Å². The molecule has 0 bridgehead atoms. The van der Waals surface area contributed by atoms with Gasteiger partial charge in [0.25, 0.3) is 0 Å². The fourth-order valence-corrected chi connectivity index (χ4v) is 2.70. The number of carbonyl (C=O) groups excluding carboxylic acids is 2. The topological polar surface area (TPSA) is 55.2 Å². The maximum atomic E-state index is 12.4. The molecule has 0 saturated carbocycles. The van der Waals surface area contributed by atoms with Crippen molar-refractivity contribution in [1.82, 2.24) is 14.7 Å². The first-order valence-corrected chi connectivity index (χ1v) is 7.54. The molecule has 1 aromatic heterocycles. The highest BCUT2D eigenvalue weighted by Crippen LogP contribution is 2.19. The molecule has 114 valence electrons. The third-order valence-corrected chi connectivity index (χ3v) is 4.18. The molecule has 1 amide bonds. The molecule has 5 heteroatoms. The number of ketones is 1. The van der Waals surface area contributed by atoms with Crippen LogP contribution in [0, 0.1) is 6.92 Å². The lowest BCUT2D eigenvalue weighted by molar-refractivity contribution is -0.137. The molecule has 1 fully saturated rings. The standard InChI is InChI=1S/C16H23N3O2/c1-4-15(20)14-7-5-6-10-19(14)16(21)9-8-13-11-17-18(3)12(13)2/h8-9,11,14H,4-7,10H2,1-3H3/b9-8+/t14-/m0/s1. The number of piperidine rings is 1. The highest BCUT2D eigenvalue weighted by molar-refractivity contribution is 5.96. The number of likely N-dealkylation sites (tertiary alicyclic amines) is 1. The van der Waals surface area contributed by atoms with Crippen molar-refractivity contribution in [2.24, 2.45) is 7.05 Å². The van der Waals surface area contributed by atoms with Crippen LogP contribution in [0.1, 0.15) is 43.9 Å². The van der Waals surface area contributed by atoms with Crippen LogP contribution in [0.5, 0.6) is 0 Å². The summed E-state index contributed by atoms with van der Waals surface area (Å²) in [7, 11) is 1.87. The lowest BCUT2D eigenvalue weighted by atomic mass is 9.97. The Morgan fingerprint density at radius 2 is 2.19 bits per heavy atom. The van der Waals surface area contributed by atoms with Gasteiger partial charge in [0, 0.05) is 37.3 Å². The number of nitrogens with zero attached hydrogens (tertiary/aromatic N) is 3. The second-order valence-corrected chi connectivity index (χ2v) is 5.51. The van der Waals surface area contributed by atoms with Gasteiger partial charge in [-0.1, -0.05) is 6.92 Å². The Morgan fingerprint density at radius 3 is 2.81 bits per heavy atom. The number of hydrogen-bond donors (Lipinski definition) is 0. The lowest BCUT2D eigenvalue weighted by Crippen LogP contribution is -2.47. The molecule has 0 unspecified atom stereocenters. The van der Waals surface area contributed by atoms with Crippen LogP contribution >= 0.6 is 0 Å². The largest absolute Gasteiger partial charge is 0.329 e. The SMILES string of the molecule is CCC(=O)[C@@H]1CCCCN1C(=O)/C=C/c1cnn(C)c1C. The van der Waals surface area contributed by atoms with Crippen LogP contribution in [0.3, 0.4) is 0 Å². The molecule has 1 atom stereocenters. The maximum Gasteiger partial charge on any atom is 0.247 e. The third kappa shape index (κ3) is 3.40. The maximum absolute atomic E-state index is 12.4. The summed E-state index contributed by atoms with van der Waals surface area (Å²) in [5.41, 5.74) is 1.94. The van der Waals surface area contributed by atoms with Crippen LogP contribution in [0.4, 0.5) is 0 Å². The normalized spacial score (nSPS) is 19.2. The summed E-state index contributed by atoms with van der Waals surface area (Å²) in [6, 6.07) is -0.240. The van der Waals surface area contributed by atoms with E-state index in [1.165, 1.54) is 0 Å². The highest BCUT2D eigenvalue weighted by Gasteiger charge is 2.29. The Bertz CT molecular complexity index is 560. The van der Waals surface area contributed by atoms with E-state index in [-0.39, 0.29) is 17.7 Å². The second kappa shape index (κ2) is 6.70. The number of amides is 1. The van der Waals surface area contributed by atoms with E-state index in [0.717, 1.165) is 30.5 Å². The second-order valence-electron chi connectivity index (χ2n) is 5.51. The molecule has 0 aliphatic carbocycles. The van der Waals surface area contributed by atoms with Gasteiger partial charge in [0.15, 0.2) is 5.78 Å². The van der Waals surface area contributed by atoms with Crippen LogP contribution in [-0.4, -0.2) is 39.0 Å². The van der Waals surface area contributed by atoms with E-state index >= 15 is 0 Å². The summed E-state index contributed by atoms with van der Waals surface area (Å²) in [5, 5.41) is 4.15. The van der Waals surface area contributed by atoms with Gasteiger partial charge in [0.2, 0.25) is 5.91 Å². The van der Waals surface area contributed by atoms with Crippen molar-refractivity contribution >= 4 is 17.8 Å². The van der Waals surface area contributed by atoms with E-state index in [1.807, 2.05) is 20.9 Å². The smallest absolute Gasteiger partial charge is 0.247 e. The van der Waals surface area contributed by atoms with E-state index in [9.17, 15) is 9.59 Å². The Kier molecular flexibility index (Phi) is 4.94. The quantitative estimate of drug-likeness (QED) is 0.798. The fraction of sp³-hybridized carbons (Fsp3) is 0.562. The van der Waals surface area contributed by atoms with Gasteiger partial charge < -0.3 is 4.90 Å². The summed E-state index contributed by atoms with van der Waals surface area (Å²) in [5.74, 6) is 0.0822. The first-order valence-electron chi connectivity index (χ1n) is 7.54. The molecule has 2 heterocycles. The Morgan fingerprint density at radius 1 is 1.43 bits per heavy atom. The van der Waals surface area contributed by atoms with Crippen molar-refractivity contribution in [2.75, 3.05) is 6.54 Å². The number of aromatic nitrogens is 2. The van der Waals surface area contributed by atoms with Crippen molar-refractivity contribution < 1.29 is 9.59 Å². The number of carbonyl (C=O) groups is 2. The van der Waals surface area contributed by atoms with Gasteiger partial charge in [0.1, 0.15) is 0 Å². The molecule has 1 aliphatic heterocycles. The van der Waals surface area contributed by atoms with Crippen LogP contribution in [0.25, 0.3) is 6.08 Å². The average molecular weight is 289 g/mol. The van der Waals surface area contributed by atoms with Gasteiger partial charge in [-0.25, -0.2) is 0 Å². The minimum absolute atomic E-state index is 0.0789. The van der Waals surface area contributed by atoms with Crippen LogP contribution in [0.15, 0.2) is 12.3 Å². The van der Waals surface area contributed by atoms with E-state index in [1.54, 1.807) is 27.9 Å². The molecule has 0 spiro atoms. The monoisotopic (exact) mass is 289 g/mol. The van der Waals surface area contributed by atoms with Gasteiger partial charge in [0.05, 0.1) is 12.2 Å². The summed E-state index contributed by atoms with van der Waals surface area (Å²) in [6.07, 6.45) is 8.35. The van der Waals surface area contributed by atoms with Gasteiger partial charge in [-0.15, -0.1) is 0 Å². The summed E-state index contributed by atoms with van der Waals surface area (Å²) >= 11 is 0. The van der Waals surface area contributed by atoms with Crippen molar-refractivity contribution in [3.8, 4) is 0 Å². The number of hydrogen-bond acceptors (Lipinski definition) is 3. The zero-order chi connectivity index (χ0) is 15.4. The lowest BCUT2D eigenvalue weighted by Gasteiger charge is -2.33. The molecule has 2 rings (SSSR count). The molecular weight excluding hydrogens is 266 g/mol. The molecule has 0 N–H and O–H groups in total. The molecule has 5 nitrogen and oxygen atoms in total. The first kappa shape index (κ1) is 15.5. The fourth-order valence-electron chi connectivity index (χ4n) is 2.70. The minimum Gasteiger partial charge on any atom is -0.329 e. The Labute approximate surface area is 125 Å². The van der Waals surface area contributed by atoms with Crippen molar-refractivity contribution in [2.45, 2.75) is 45.6 Å². The van der Waals surface area contributed by atoms with Crippen molar-refractivity contribution in [1.29, 1.82) is 0 Å². The zero-order valence-corrected chi connectivity index (χ0v) is 13.0. The van der Waals surface area contributed by atoms with E-state index in [2.05, 4.69) is 5.10 Å². The zero-order valence-electron chi connectivity index (χ0n) is 13.0. The van der Waals surface area contributed by atoms with Crippen molar-refractivity contribution in [3.63, 3.8) is 0 Å². The van der Waals surface area contributed by atoms with Crippen LogP contribution < -0.4 is 0 Å². The summed E-state index contributed by atoms with van der Waals surface area (Å²) < 4.78 is 1.77. The van der Waals surface area contributed by atoms with E-state index in [4.69, 9.17) is 0 Å². The van der Waals surface area contributed by atoms with Gasteiger partial charge in [-0.05, 0) is 32.3 Å².